The largest absolute Gasteiger partial charge is 0.496 e. The number of benzene rings is 1. The van der Waals surface area contributed by atoms with Crippen LogP contribution in [-0.2, 0) is 15.3 Å². The maximum Gasteiger partial charge on any atom is 0.198 e. The van der Waals surface area contributed by atoms with Gasteiger partial charge < -0.3 is 14.2 Å². The van der Waals surface area contributed by atoms with Gasteiger partial charge in [-0.25, -0.2) is 0 Å². The van der Waals surface area contributed by atoms with E-state index in [4.69, 9.17) is 14.2 Å². The van der Waals surface area contributed by atoms with E-state index in [9.17, 15) is 0 Å². The summed E-state index contributed by atoms with van der Waals surface area (Å²) in [6.45, 7) is 7.48. The highest BCUT2D eigenvalue weighted by atomic mass is 16.7. The molecule has 1 aliphatic rings. The van der Waals surface area contributed by atoms with Gasteiger partial charge >= 0.3 is 0 Å². The van der Waals surface area contributed by atoms with Crippen molar-refractivity contribution in [3.8, 4) is 5.75 Å². The highest BCUT2D eigenvalue weighted by Crippen LogP contribution is 2.41. The quantitative estimate of drug-likeness (QED) is 0.807. The van der Waals surface area contributed by atoms with Crippen LogP contribution in [-0.4, -0.2) is 20.3 Å². The summed E-state index contributed by atoms with van der Waals surface area (Å²) in [6, 6.07) is 4.21. The van der Waals surface area contributed by atoms with E-state index in [2.05, 4.69) is 26.0 Å². The van der Waals surface area contributed by atoms with Gasteiger partial charge in [0.2, 0.25) is 0 Å². The molecule has 3 heteroatoms. The van der Waals surface area contributed by atoms with Crippen molar-refractivity contribution >= 4 is 0 Å². The molecule has 0 bridgehead atoms. The number of aryl methyl sites for hydroxylation is 2. The number of rotatable bonds is 3. The molecule has 1 fully saturated rings. The van der Waals surface area contributed by atoms with Gasteiger partial charge in [0.1, 0.15) is 5.75 Å². The molecule has 0 radical (unpaired) electrons. The Hall–Kier alpha value is -1.06. The van der Waals surface area contributed by atoms with Crippen molar-refractivity contribution in [3.63, 3.8) is 0 Å². The molecule has 0 saturated carbocycles. The molecule has 1 aromatic rings. The molecule has 0 spiro atoms. The van der Waals surface area contributed by atoms with Crippen LogP contribution in [0.2, 0.25) is 0 Å². The van der Waals surface area contributed by atoms with Gasteiger partial charge in [0.15, 0.2) is 5.79 Å². The fourth-order valence-corrected chi connectivity index (χ4v) is 2.51. The van der Waals surface area contributed by atoms with E-state index in [0.717, 1.165) is 23.3 Å². The summed E-state index contributed by atoms with van der Waals surface area (Å²) in [5.74, 6) is 0.252. The zero-order valence-electron chi connectivity index (χ0n) is 11.0. The standard InChI is InChI=1S/C14H20O3/c1-5-14(16-6-7-17-14)12-9-10(2)8-11(3)13(12)15-4/h8-9H,5-7H2,1-4H3. The molecule has 0 N–H and O–H groups in total. The molecule has 94 valence electrons. The van der Waals surface area contributed by atoms with Gasteiger partial charge in [-0.2, -0.15) is 0 Å². The maximum absolute atomic E-state index is 5.83. The molecule has 3 nitrogen and oxygen atoms in total. The molecule has 17 heavy (non-hydrogen) atoms. The third kappa shape index (κ3) is 2.05. The molecule has 0 atom stereocenters. The van der Waals surface area contributed by atoms with Gasteiger partial charge in [-0.3, -0.25) is 0 Å². The normalized spacial score (nSPS) is 18.4. The summed E-state index contributed by atoms with van der Waals surface area (Å²) in [7, 11) is 1.69. The molecule has 1 saturated heterocycles. The van der Waals surface area contributed by atoms with Crippen LogP contribution in [0.1, 0.15) is 30.0 Å². The number of ether oxygens (including phenoxy) is 3. The highest BCUT2D eigenvalue weighted by molar-refractivity contribution is 5.46. The Morgan fingerprint density at radius 2 is 1.88 bits per heavy atom. The van der Waals surface area contributed by atoms with Gasteiger partial charge in [-0.1, -0.05) is 18.6 Å². The molecule has 1 aromatic carbocycles. The molecule has 0 amide bonds. The van der Waals surface area contributed by atoms with Crippen molar-refractivity contribution in [3.05, 3.63) is 28.8 Å². The SMILES string of the molecule is CCC1(c2cc(C)cc(C)c2OC)OCCO1. The zero-order valence-corrected chi connectivity index (χ0v) is 11.0. The molecule has 1 heterocycles. The minimum absolute atomic E-state index is 0.623. The summed E-state index contributed by atoms with van der Waals surface area (Å²) >= 11 is 0. The maximum atomic E-state index is 5.83. The third-order valence-corrected chi connectivity index (χ3v) is 3.25. The van der Waals surface area contributed by atoms with Crippen LogP contribution in [0.3, 0.4) is 0 Å². The molecule has 0 unspecified atom stereocenters. The smallest absolute Gasteiger partial charge is 0.198 e. The van der Waals surface area contributed by atoms with Crippen LogP contribution in [0.25, 0.3) is 0 Å². The minimum atomic E-state index is -0.623. The lowest BCUT2D eigenvalue weighted by Gasteiger charge is -2.29. The number of hydrogen-bond acceptors (Lipinski definition) is 3. The van der Waals surface area contributed by atoms with Crippen LogP contribution in [0.5, 0.6) is 5.75 Å². The second-order valence-corrected chi connectivity index (χ2v) is 4.47. The predicted octanol–water partition coefficient (Wildman–Crippen LogP) is 2.92. The molecule has 1 aliphatic heterocycles. The van der Waals surface area contributed by atoms with E-state index in [0.29, 0.717) is 13.2 Å². The molecular formula is C14H20O3. The zero-order chi connectivity index (χ0) is 12.5. The number of methoxy groups -OCH3 is 1. The number of hydrogen-bond donors (Lipinski definition) is 0. The van der Waals surface area contributed by atoms with E-state index in [1.807, 2.05) is 6.92 Å². The fraction of sp³-hybridized carbons (Fsp3) is 0.571. The van der Waals surface area contributed by atoms with E-state index < -0.39 is 5.79 Å². The van der Waals surface area contributed by atoms with Crippen molar-refractivity contribution in [1.82, 2.24) is 0 Å². The fourth-order valence-electron chi connectivity index (χ4n) is 2.51. The first kappa shape index (κ1) is 12.4. The van der Waals surface area contributed by atoms with Crippen LogP contribution in [0.4, 0.5) is 0 Å². The van der Waals surface area contributed by atoms with Crippen molar-refractivity contribution in [2.24, 2.45) is 0 Å². The van der Waals surface area contributed by atoms with Crippen LogP contribution in [0, 0.1) is 13.8 Å². The van der Waals surface area contributed by atoms with Crippen molar-refractivity contribution in [2.45, 2.75) is 33.0 Å². The molecular weight excluding hydrogens is 216 g/mol. The second-order valence-electron chi connectivity index (χ2n) is 4.47. The summed E-state index contributed by atoms with van der Waals surface area (Å²) in [5.41, 5.74) is 3.33. The van der Waals surface area contributed by atoms with E-state index in [-0.39, 0.29) is 0 Å². The summed E-state index contributed by atoms with van der Waals surface area (Å²) < 4.78 is 17.2. The Kier molecular flexibility index (Phi) is 3.40. The van der Waals surface area contributed by atoms with Crippen molar-refractivity contribution < 1.29 is 14.2 Å². The average Bonchev–Trinajstić information content (AvgIpc) is 2.77. The van der Waals surface area contributed by atoms with Crippen molar-refractivity contribution in [2.75, 3.05) is 20.3 Å². The summed E-state index contributed by atoms with van der Waals surface area (Å²) in [4.78, 5) is 0. The molecule has 0 aliphatic carbocycles. The lowest BCUT2D eigenvalue weighted by Crippen LogP contribution is -2.27. The second kappa shape index (κ2) is 4.67. The summed E-state index contributed by atoms with van der Waals surface area (Å²) in [5, 5.41) is 0. The Morgan fingerprint density at radius 1 is 1.24 bits per heavy atom. The van der Waals surface area contributed by atoms with Gasteiger partial charge in [0.25, 0.3) is 0 Å². The highest BCUT2D eigenvalue weighted by Gasteiger charge is 2.39. The van der Waals surface area contributed by atoms with Gasteiger partial charge in [-0.15, -0.1) is 0 Å². The van der Waals surface area contributed by atoms with Gasteiger partial charge in [0.05, 0.1) is 25.9 Å². The Morgan fingerprint density at radius 3 is 2.41 bits per heavy atom. The van der Waals surface area contributed by atoms with Crippen LogP contribution >= 0.6 is 0 Å². The lowest BCUT2D eigenvalue weighted by atomic mass is 9.97. The average molecular weight is 236 g/mol. The van der Waals surface area contributed by atoms with Gasteiger partial charge in [-0.05, 0) is 25.5 Å². The van der Waals surface area contributed by atoms with Crippen molar-refractivity contribution in [1.29, 1.82) is 0 Å². The lowest BCUT2D eigenvalue weighted by molar-refractivity contribution is -0.168. The topological polar surface area (TPSA) is 27.7 Å². The Bertz CT molecular complexity index is 406. The molecule has 0 aromatic heterocycles. The van der Waals surface area contributed by atoms with Gasteiger partial charge in [0, 0.05) is 6.42 Å². The first-order valence-electron chi connectivity index (χ1n) is 6.06. The first-order chi connectivity index (χ1) is 8.13. The van der Waals surface area contributed by atoms with E-state index in [1.54, 1.807) is 7.11 Å². The molecule has 2 rings (SSSR count). The minimum Gasteiger partial charge on any atom is -0.496 e. The van der Waals surface area contributed by atoms with Crippen LogP contribution < -0.4 is 4.74 Å². The monoisotopic (exact) mass is 236 g/mol. The van der Waals surface area contributed by atoms with E-state index in [1.165, 1.54) is 5.56 Å². The Labute approximate surface area is 103 Å². The Balaban J connectivity index is 2.56. The predicted molar refractivity (Wildman–Crippen MR) is 66.3 cm³/mol. The third-order valence-electron chi connectivity index (χ3n) is 3.25. The summed E-state index contributed by atoms with van der Waals surface area (Å²) in [6.07, 6.45) is 0.784. The first-order valence-corrected chi connectivity index (χ1v) is 6.06. The van der Waals surface area contributed by atoms with E-state index >= 15 is 0 Å². The van der Waals surface area contributed by atoms with Crippen LogP contribution in [0.15, 0.2) is 12.1 Å².